The van der Waals surface area contributed by atoms with Crippen molar-refractivity contribution in [2.75, 3.05) is 32.0 Å². The van der Waals surface area contributed by atoms with Crippen LogP contribution in [0.1, 0.15) is 25.7 Å². The molecule has 1 saturated heterocycles. The topological polar surface area (TPSA) is 44.4 Å². The number of nitrogens with one attached hydrogen (secondary N) is 2. The summed E-state index contributed by atoms with van der Waals surface area (Å²) in [6.45, 7) is 2.97. The molecule has 1 atom stereocenters. The highest BCUT2D eigenvalue weighted by Crippen LogP contribution is 2.15. The van der Waals surface area contributed by atoms with E-state index >= 15 is 0 Å². The summed E-state index contributed by atoms with van der Waals surface area (Å²) in [7, 11) is 2.11. The van der Waals surface area contributed by atoms with Gasteiger partial charge >= 0.3 is 0 Å². The molecule has 1 fully saturated rings. The van der Waals surface area contributed by atoms with E-state index < -0.39 is 0 Å². The van der Waals surface area contributed by atoms with E-state index in [9.17, 15) is 4.79 Å². The molecule has 0 bridgehead atoms. The molecule has 116 valence electrons. The maximum absolute atomic E-state index is 12.0. The molecular formula is C16H24ClN3O. The van der Waals surface area contributed by atoms with Crippen LogP contribution in [-0.4, -0.2) is 43.5 Å². The Morgan fingerprint density at radius 2 is 2.29 bits per heavy atom. The highest BCUT2D eigenvalue weighted by atomic mass is 35.5. The molecule has 1 aliphatic heterocycles. The molecule has 0 aromatic heterocycles. The minimum atomic E-state index is 0.0378. The quantitative estimate of drug-likeness (QED) is 0.879. The molecule has 2 rings (SSSR count). The lowest BCUT2D eigenvalue weighted by atomic mass is 10.1. The second-order valence-corrected chi connectivity index (χ2v) is 6.06. The summed E-state index contributed by atoms with van der Waals surface area (Å²) in [5.74, 6) is 0.0378. The van der Waals surface area contributed by atoms with E-state index in [2.05, 4.69) is 22.6 Å². The van der Waals surface area contributed by atoms with Gasteiger partial charge in [-0.2, -0.15) is 0 Å². The lowest BCUT2D eigenvalue weighted by Gasteiger charge is -2.26. The predicted molar refractivity (Wildman–Crippen MR) is 87.8 cm³/mol. The van der Waals surface area contributed by atoms with Gasteiger partial charge in [0, 0.05) is 29.7 Å². The van der Waals surface area contributed by atoms with Crippen molar-refractivity contribution in [2.45, 2.75) is 31.7 Å². The first-order valence-electron chi connectivity index (χ1n) is 7.61. The van der Waals surface area contributed by atoms with Crippen LogP contribution in [0.2, 0.25) is 5.02 Å². The first-order valence-corrected chi connectivity index (χ1v) is 7.99. The van der Waals surface area contributed by atoms with Crippen LogP contribution in [0.25, 0.3) is 0 Å². The zero-order chi connectivity index (χ0) is 15.1. The van der Waals surface area contributed by atoms with Gasteiger partial charge in [-0.25, -0.2) is 0 Å². The van der Waals surface area contributed by atoms with Gasteiger partial charge in [0.2, 0.25) is 5.91 Å². The number of carbonyl (C=O) groups excluding carboxylic acids is 1. The van der Waals surface area contributed by atoms with Crippen LogP contribution in [0.5, 0.6) is 0 Å². The highest BCUT2D eigenvalue weighted by Gasteiger charge is 2.17. The Morgan fingerprint density at radius 3 is 3.10 bits per heavy atom. The van der Waals surface area contributed by atoms with E-state index in [1.165, 1.54) is 12.8 Å². The van der Waals surface area contributed by atoms with Gasteiger partial charge in [-0.1, -0.05) is 17.7 Å². The first kappa shape index (κ1) is 16.3. The van der Waals surface area contributed by atoms with E-state index in [-0.39, 0.29) is 5.91 Å². The summed E-state index contributed by atoms with van der Waals surface area (Å²) >= 11 is 5.91. The highest BCUT2D eigenvalue weighted by molar-refractivity contribution is 6.30. The van der Waals surface area contributed by atoms with E-state index in [1.54, 1.807) is 12.1 Å². The van der Waals surface area contributed by atoms with Crippen molar-refractivity contribution in [1.82, 2.24) is 10.2 Å². The van der Waals surface area contributed by atoms with Crippen LogP contribution in [-0.2, 0) is 4.79 Å². The van der Waals surface area contributed by atoms with Crippen LogP contribution < -0.4 is 10.6 Å². The van der Waals surface area contributed by atoms with Gasteiger partial charge in [-0.05, 0) is 57.6 Å². The zero-order valence-electron chi connectivity index (χ0n) is 12.6. The van der Waals surface area contributed by atoms with E-state index in [0.717, 1.165) is 31.7 Å². The molecule has 1 aliphatic rings. The molecule has 2 N–H and O–H groups in total. The Morgan fingerprint density at radius 1 is 1.43 bits per heavy atom. The van der Waals surface area contributed by atoms with E-state index in [0.29, 0.717) is 17.5 Å². The minimum absolute atomic E-state index is 0.0378. The normalized spacial score (nSPS) is 19.3. The molecular weight excluding hydrogens is 286 g/mol. The number of hydrogen-bond acceptors (Lipinski definition) is 3. The lowest BCUT2D eigenvalue weighted by Crippen LogP contribution is -2.34. The van der Waals surface area contributed by atoms with Gasteiger partial charge < -0.3 is 15.5 Å². The Hall–Kier alpha value is -1.10. The number of hydrogen-bond donors (Lipinski definition) is 2. The molecule has 21 heavy (non-hydrogen) atoms. The Bertz CT molecular complexity index is 459. The fourth-order valence-corrected chi connectivity index (χ4v) is 2.88. The molecule has 1 aromatic rings. The van der Waals surface area contributed by atoms with Crippen molar-refractivity contribution in [2.24, 2.45) is 0 Å². The van der Waals surface area contributed by atoms with Crippen molar-refractivity contribution in [1.29, 1.82) is 0 Å². The Balaban J connectivity index is 1.75. The van der Waals surface area contributed by atoms with Crippen LogP contribution in [0.4, 0.5) is 5.69 Å². The van der Waals surface area contributed by atoms with Crippen molar-refractivity contribution >= 4 is 23.2 Å². The molecule has 0 radical (unpaired) electrons. The minimum Gasteiger partial charge on any atom is -0.326 e. The third-order valence-electron chi connectivity index (χ3n) is 3.97. The molecule has 0 aliphatic carbocycles. The van der Waals surface area contributed by atoms with E-state index in [1.807, 2.05) is 12.1 Å². The smallest absolute Gasteiger partial charge is 0.225 e. The Labute approximate surface area is 131 Å². The number of benzene rings is 1. The summed E-state index contributed by atoms with van der Waals surface area (Å²) < 4.78 is 0. The maximum Gasteiger partial charge on any atom is 0.225 e. The number of nitrogens with zero attached hydrogens (tertiary/aromatic N) is 1. The predicted octanol–water partition coefficient (Wildman–Crippen LogP) is 2.74. The number of amides is 1. The van der Waals surface area contributed by atoms with Crippen molar-refractivity contribution < 1.29 is 4.79 Å². The maximum atomic E-state index is 12.0. The monoisotopic (exact) mass is 309 g/mol. The number of halogens is 1. The van der Waals surface area contributed by atoms with Gasteiger partial charge in [-0.15, -0.1) is 0 Å². The van der Waals surface area contributed by atoms with Gasteiger partial charge in [0.1, 0.15) is 0 Å². The first-order chi connectivity index (χ1) is 10.1. The van der Waals surface area contributed by atoms with Crippen LogP contribution in [0.3, 0.4) is 0 Å². The molecule has 0 spiro atoms. The molecule has 5 heteroatoms. The number of anilines is 1. The van der Waals surface area contributed by atoms with Gasteiger partial charge in [-0.3, -0.25) is 4.79 Å². The largest absolute Gasteiger partial charge is 0.326 e. The van der Waals surface area contributed by atoms with Crippen LogP contribution in [0, 0.1) is 0 Å². The number of carbonyl (C=O) groups is 1. The zero-order valence-corrected chi connectivity index (χ0v) is 13.3. The fraction of sp³-hybridized carbons (Fsp3) is 0.562. The second-order valence-electron chi connectivity index (χ2n) is 5.62. The summed E-state index contributed by atoms with van der Waals surface area (Å²) in [4.78, 5) is 14.3. The van der Waals surface area contributed by atoms with Crippen molar-refractivity contribution in [3.8, 4) is 0 Å². The third kappa shape index (κ3) is 5.65. The second kappa shape index (κ2) is 8.37. The van der Waals surface area contributed by atoms with Crippen LogP contribution in [0.15, 0.2) is 24.3 Å². The average molecular weight is 310 g/mol. The van der Waals surface area contributed by atoms with E-state index in [4.69, 9.17) is 11.6 Å². The third-order valence-corrected chi connectivity index (χ3v) is 4.20. The SMILES string of the molecule is CN(CCC(=O)Nc1cccc(Cl)c1)C1CCCNCC1. The fourth-order valence-electron chi connectivity index (χ4n) is 2.69. The van der Waals surface area contributed by atoms with Gasteiger partial charge in [0.05, 0.1) is 0 Å². The molecule has 4 nitrogen and oxygen atoms in total. The molecule has 1 heterocycles. The van der Waals surface area contributed by atoms with Crippen LogP contribution >= 0.6 is 11.6 Å². The lowest BCUT2D eigenvalue weighted by molar-refractivity contribution is -0.116. The Kier molecular flexibility index (Phi) is 6.49. The molecule has 1 aromatic carbocycles. The average Bonchev–Trinajstić information content (AvgIpc) is 2.74. The standard InChI is InChI=1S/C16H24ClN3O/c1-20(15-6-3-9-18-10-7-15)11-8-16(21)19-14-5-2-4-13(17)12-14/h2,4-5,12,15,18H,3,6-11H2,1H3,(H,19,21). The molecule has 0 saturated carbocycles. The molecule has 1 unspecified atom stereocenters. The summed E-state index contributed by atoms with van der Waals surface area (Å²) in [6, 6.07) is 7.83. The summed E-state index contributed by atoms with van der Waals surface area (Å²) in [6.07, 6.45) is 4.09. The van der Waals surface area contributed by atoms with Gasteiger partial charge in [0.25, 0.3) is 0 Å². The summed E-state index contributed by atoms with van der Waals surface area (Å²) in [5, 5.41) is 6.94. The summed E-state index contributed by atoms with van der Waals surface area (Å²) in [5.41, 5.74) is 0.758. The van der Waals surface area contributed by atoms with Crippen molar-refractivity contribution in [3.63, 3.8) is 0 Å². The van der Waals surface area contributed by atoms with Crippen molar-refractivity contribution in [3.05, 3.63) is 29.3 Å². The molecule has 1 amide bonds. The number of rotatable bonds is 5. The van der Waals surface area contributed by atoms with Gasteiger partial charge in [0.15, 0.2) is 0 Å².